The summed E-state index contributed by atoms with van der Waals surface area (Å²) in [5, 5.41) is 0. The van der Waals surface area contributed by atoms with Crippen LogP contribution >= 0.6 is 15.9 Å². The van der Waals surface area contributed by atoms with E-state index in [2.05, 4.69) is 15.9 Å². The van der Waals surface area contributed by atoms with Crippen LogP contribution in [0.4, 0.5) is 5.69 Å². The number of hydrogen-bond acceptors (Lipinski definition) is 2. The van der Waals surface area contributed by atoms with Crippen LogP contribution in [0.5, 0.6) is 0 Å². The molecule has 3 nitrogen and oxygen atoms in total. The number of carbonyl (C=O) groups excluding carboxylic acids is 2. The number of rotatable bonds is 1. The van der Waals surface area contributed by atoms with E-state index < -0.39 is 0 Å². The van der Waals surface area contributed by atoms with E-state index >= 15 is 0 Å². The summed E-state index contributed by atoms with van der Waals surface area (Å²) in [7, 11) is 0. The van der Waals surface area contributed by atoms with E-state index in [1.165, 1.54) is 12.2 Å². The fourth-order valence-electron chi connectivity index (χ4n) is 1.24. The molecule has 1 aliphatic rings. The van der Waals surface area contributed by atoms with Crippen LogP contribution in [0.15, 0.2) is 40.9 Å². The molecule has 1 aromatic rings. The third-order valence-electron chi connectivity index (χ3n) is 1.89. The molecule has 0 spiro atoms. The molecule has 0 saturated carbocycles. The minimum absolute atomic E-state index is 0.294. The summed E-state index contributed by atoms with van der Waals surface area (Å²) >= 11 is 3.28. The van der Waals surface area contributed by atoms with Gasteiger partial charge in [-0.15, -0.1) is 0 Å². The molecule has 1 heterocycles. The largest absolute Gasteiger partial charge is 0.269 e. The van der Waals surface area contributed by atoms with Gasteiger partial charge in [-0.2, -0.15) is 0 Å². The van der Waals surface area contributed by atoms with Crippen molar-refractivity contribution in [2.24, 2.45) is 0 Å². The van der Waals surface area contributed by atoms with Gasteiger partial charge in [0.1, 0.15) is 0 Å². The highest BCUT2D eigenvalue weighted by atomic mass is 79.9. The Bertz CT molecular complexity index is 404. The molecule has 0 fully saturated rings. The van der Waals surface area contributed by atoms with Crippen molar-refractivity contribution in [3.63, 3.8) is 0 Å². The molecule has 1 aliphatic heterocycles. The van der Waals surface area contributed by atoms with Crippen molar-refractivity contribution in [1.29, 1.82) is 0 Å². The second kappa shape index (κ2) is 3.38. The van der Waals surface area contributed by atoms with E-state index in [-0.39, 0.29) is 11.8 Å². The van der Waals surface area contributed by atoms with Crippen molar-refractivity contribution >= 4 is 33.4 Å². The van der Waals surface area contributed by atoms with Gasteiger partial charge in [-0.1, -0.05) is 15.9 Å². The van der Waals surface area contributed by atoms with Gasteiger partial charge in [0, 0.05) is 16.6 Å². The summed E-state index contributed by atoms with van der Waals surface area (Å²) in [6, 6.07) is 7.00. The van der Waals surface area contributed by atoms with Gasteiger partial charge in [-0.05, 0) is 24.3 Å². The van der Waals surface area contributed by atoms with Crippen molar-refractivity contribution < 1.29 is 9.59 Å². The van der Waals surface area contributed by atoms with Gasteiger partial charge in [-0.25, -0.2) is 4.90 Å². The van der Waals surface area contributed by atoms with Crippen LogP contribution in [0, 0.1) is 0 Å². The van der Waals surface area contributed by atoms with Gasteiger partial charge in [0.05, 0.1) is 5.69 Å². The van der Waals surface area contributed by atoms with Crippen molar-refractivity contribution in [2.75, 3.05) is 4.90 Å². The number of benzene rings is 1. The third-order valence-corrected chi connectivity index (χ3v) is 2.42. The fraction of sp³-hybridized carbons (Fsp3) is 0. The number of halogens is 1. The highest BCUT2D eigenvalue weighted by Crippen LogP contribution is 2.21. The predicted molar refractivity (Wildman–Crippen MR) is 55.8 cm³/mol. The maximum atomic E-state index is 11.3. The highest BCUT2D eigenvalue weighted by molar-refractivity contribution is 9.10. The van der Waals surface area contributed by atoms with Crippen molar-refractivity contribution in [2.45, 2.75) is 0 Å². The first-order valence-electron chi connectivity index (χ1n) is 4.00. The minimum Gasteiger partial charge on any atom is -0.269 e. The molecule has 14 heavy (non-hydrogen) atoms. The van der Waals surface area contributed by atoms with Crippen LogP contribution in [-0.4, -0.2) is 11.8 Å². The first-order chi connectivity index (χ1) is 6.68. The van der Waals surface area contributed by atoms with E-state index in [1.807, 2.05) is 0 Å². The van der Waals surface area contributed by atoms with E-state index in [0.717, 1.165) is 9.37 Å². The monoisotopic (exact) mass is 251 g/mol. The molecule has 4 heteroatoms. The Morgan fingerprint density at radius 2 is 1.43 bits per heavy atom. The molecule has 0 bridgehead atoms. The number of anilines is 1. The lowest BCUT2D eigenvalue weighted by molar-refractivity contribution is -0.119. The van der Waals surface area contributed by atoms with Gasteiger partial charge in [0.15, 0.2) is 0 Å². The second-order valence-electron chi connectivity index (χ2n) is 2.82. The Kier molecular flexibility index (Phi) is 2.21. The molecule has 0 unspecified atom stereocenters. The Hall–Kier alpha value is -1.42. The number of imide groups is 1. The van der Waals surface area contributed by atoms with E-state index in [4.69, 9.17) is 0 Å². The Morgan fingerprint density at radius 3 is 1.93 bits per heavy atom. The third kappa shape index (κ3) is 1.48. The molecule has 0 saturated heterocycles. The first kappa shape index (κ1) is 9.15. The average Bonchev–Trinajstić information content (AvgIpc) is 2.49. The Morgan fingerprint density at radius 1 is 0.929 bits per heavy atom. The number of nitrogens with zero attached hydrogens (tertiary/aromatic N) is 1. The molecule has 0 aromatic heterocycles. The molecular weight excluding hydrogens is 246 g/mol. The van der Waals surface area contributed by atoms with E-state index in [0.29, 0.717) is 5.69 Å². The summed E-state index contributed by atoms with van der Waals surface area (Å²) in [6.45, 7) is 0. The lowest BCUT2D eigenvalue weighted by atomic mass is 10.3. The molecule has 70 valence electrons. The lowest BCUT2D eigenvalue weighted by Crippen LogP contribution is -2.29. The summed E-state index contributed by atoms with van der Waals surface area (Å²) in [4.78, 5) is 23.7. The maximum Gasteiger partial charge on any atom is 0.258 e. The molecule has 1 aromatic carbocycles. The zero-order valence-corrected chi connectivity index (χ0v) is 8.69. The van der Waals surface area contributed by atoms with Crippen molar-refractivity contribution in [3.8, 4) is 0 Å². The van der Waals surface area contributed by atoms with Gasteiger partial charge in [-0.3, -0.25) is 9.59 Å². The standard InChI is InChI=1S/C10H6BrNO2/c11-7-1-3-8(4-2-7)12-9(13)5-6-10(12)14/h1-6H. The Labute approximate surface area is 89.1 Å². The summed E-state index contributed by atoms with van der Waals surface area (Å²) in [5.41, 5.74) is 0.591. The van der Waals surface area contributed by atoms with Crippen LogP contribution in [0.2, 0.25) is 0 Å². The van der Waals surface area contributed by atoms with Crippen LogP contribution in [0.3, 0.4) is 0 Å². The number of hydrogen-bond donors (Lipinski definition) is 0. The minimum atomic E-state index is -0.294. The Balaban J connectivity index is 2.36. The molecule has 2 amide bonds. The van der Waals surface area contributed by atoms with Gasteiger partial charge in [0.25, 0.3) is 11.8 Å². The van der Waals surface area contributed by atoms with Crippen LogP contribution in [0.1, 0.15) is 0 Å². The van der Waals surface area contributed by atoms with Crippen LogP contribution in [-0.2, 0) is 9.59 Å². The fourth-order valence-corrected chi connectivity index (χ4v) is 1.51. The average molecular weight is 252 g/mol. The van der Waals surface area contributed by atoms with E-state index in [9.17, 15) is 9.59 Å². The van der Waals surface area contributed by atoms with Gasteiger partial charge in [0.2, 0.25) is 0 Å². The number of carbonyl (C=O) groups is 2. The smallest absolute Gasteiger partial charge is 0.258 e. The zero-order valence-electron chi connectivity index (χ0n) is 7.11. The molecule has 0 N–H and O–H groups in total. The summed E-state index contributed by atoms with van der Waals surface area (Å²) in [6.07, 6.45) is 2.54. The van der Waals surface area contributed by atoms with Crippen molar-refractivity contribution in [3.05, 3.63) is 40.9 Å². The van der Waals surface area contributed by atoms with Gasteiger partial charge < -0.3 is 0 Å². The molecular formula is C10H6BrNO2. The molecule has 2 rings (SSSR count). The quantitative estimate of drug-likeness (QED) is 0.715. The summed E-state index contributed by atoms with van der Waals surface area (Å²) < 4.78 is 0.910. The molecule has 0 atom stereocenters. The first-order valence-corrected chi connectivity index (χ1v) is 4.79. The van der Waals surface area contributed by atoms with Crippen molar-refractivity contribution in [1.82, 2.24) is 0 Å². The summed E-state index contributed by atoms with van der Waals surface area (Å²) in [5.74, 6) is -0.588. The molecule has 0 aliphatic carbocycles. The lowest BCUT2D eigenvalue weighted by Gasteiger charge is -2.13. The molecule has 0 radical (unpaired) electrons. The SMILES string of the molecule is O=C1C=CC(=O)N1c1ccc(Br)cc1. The number of amides is 2. The van der Waals surface area contributed by atoms with Crippen LogP contribution < -0.4 is 4.90 Å². The topological polar surface area (TPSA) is 37.4 Å². The normalized spacial score (nSPS) is 15.4. The predicted octanol–water partition coefficient (Wildman–Crippen LogP) is 1.88. The van der Waals surface area contributed by atoms with E-state index in [1.54, 1.807) is 24.3 Å². The maximum absolute atomic E-state index is 11.3. The van der Waals surface area contributed by atoms with Gasteiger partial charge >= 0.3 is 0 Å². The van der Waals surface area contributed by atoms with Crippen LogP contribution in [0.25, 0.3) is 0 Å². The zero-order chi connectivity index (χ0) is 10.1. The second-order valence-corrected chi connectivity index (χ2v) is 3.74. The highest BCUT2D eigenvalue weighted by Gasteiger charge is 2.24.